The average molecular weight is 564 g/mol. The number of aliphatic hydroxyl groups is 2. The number of aliphatic hydroxyl groups excluding tert-OH is 2. The van der Waals surface area contributed by atoms with Gasteiger partial charge in [0, 0.05) is 38.3 Å². The number of benzene rings is 1. The van der Waals surface area contributed by atoms with Crippen LogP contribution in [0.15, 0.2) is 24.3 Å². The molecule has 40 heavy (non-hydrogen) atoms. The number of carbonyl (C=O) groups is 2. The van der Waals surface area contributed by atoms with Crippen molar-refractivity contribution in [3.8, 4) is 5.75 Å². The number of rotatable bonds is 17. The number of methoxy groups -OCH3 is 1. The van der Waals surface area contributed by atoms with E-state index in [0.29, 0.717) is 37.5 Å². The van der Waals surface area contributed by atoms with Crippen LogP contribution in [0.4, 0.5) is 0 Å². The molecule has 1 aromatic rings. The van der Waals surface area contributed by atoms with Crippen LogP contribution < -0.4 is 21.1 Å². The Bertz CT molecular complexity index is 901. The summed E-state index contributed by atoms with van der Waals surface area (Å²) < 4.78 is 10.9. The Morgan fingerprint density at radius 2 is 1.70 bits per heavy atom. The van der Waals surface area contributed by atoms with E-state index in [0.717, 1.165) is 38.5 Å². The maximum Gasteiger partial charge on any atom is 0.255 e. The van der Waals surface area contributed by atoms with Crippen LogP contribution in [0.2, 0.25) is 0 Å². The van der Waals surface area contributed by atoms with E-state index in [1.807, 2.05) is 26.0 Å². The molecule has 0 radical (unpaired) electrons. The van der Waals surface area contributed by atoms with E-state index in [-0.39, 0.29) is 42.2 Å². The summed E-state index contributed by atoms with van der Waals surface area (Å²) in [6.07, 6.45) is 4.11. The lowest BCUT2D eigenvalue weighted by Crippen LogP contribution is -2.49. The second-order valence-corrected chi connectivity index (χ2v) is 12.2. The van der Waals surface area contributed by atoms with Crippen LogP contribution in [0.1, 0.15) is 83.0 Å². The number of hydrogen-bond donors (Lipinski definition) is 5. The quantitative estimate of drug-likeness (QED) is 0.183. The molecule has 0 bridgehead atoms. The van der Waals surface area contributed by atoms with Crippen LogP contribution in [-0.2, 0) is 9.53 Å². The van der Waals surface area contributed by atoms with Gasteiger partial charge in [0.05, 0.1) is 24.4 Å². The van der Waals surface area contributed by atoms with Crippen molar-refractivity contribution in [2.24, 2.45) is 28.9 Å². The zero-order valence-electron chi connectivity index (χ0n) is 25.2. The molecular formula is C31H53N3O6. The smallest absolute Gasteiger partial charge is 0.255 e. The number of ether oxygens (including phenoxy) is 2. The lowest BCUT2D eigenvalue weighted by Gasteiger charge is -2.37. The second-order valence-electron chi connectivity index (χ2n) is 12.2. The fourth-order valence-electron chi connectivity index (χ4n) is 5.29. The minimum Gasteiger partial charge on any atom is -0.493 e. The van der Waals surface area contributed by atoms with Crippen molar-refractivity contribution < 1.29 is 29.3 Å². The highest BCUT2D eigenvalue weighted by Gasteiger charge is 2.38. The second kappa shape index (κ2) is 16.9. The van der Waals surface area contributed by atoms with Crippen molar-refractivity contribution in [1.82, 2.24) is 10.6 Å². The average Bonchev–Trinajstić information content (AvgIpc) is 2.93. The first-order valence-corrected chi connectivity index (χ1v) is 14.9. The molecule has 2 amide bonds. The standard InChI is InChI=1S/C31H53N3O6/c1-21(2)22(19-33-29(37)25-10-6-7-11-28(25)40-17-9-8-16-39-5)18-26(32)27(36)20-34-30(38)31(3,4)23-12-14-24(35)15-13-23/h6-7,10-11,21-24,26-27,35-36H,8-9,12-20,32H2,1-5H3,(H,33,37)(H,34,38)/t22-,23?,24?,26+,27+/m1/s1. The highest BCUT2D eigenvalue weighted by Crippen LogP contribution is 2.38. The molecular weight excluding hydrogens is 510 g/mol. The van der Waals surface area contributed by atoms with E-state index >= 15 is 0 Å². The molecule has 1 fully saturated rings. The minimum atomic E-state index is -0.905. The van der Waals surface area contributed by atoms with E-state index in [4.69, 9.17) is 15.2 Å². The highest BCUT2D eigenvalue weighted by molar-refractivity contribution is 5.96. The van der Waals surface area contributed by atoms with Gasteiger partial charge in [0.15, 0.2) is 0 Å². The first-order valence-electron chi connectivity index (χ1n) is 14.9. The molecule has 9 nitrogen and oxygen atoms in total. The van der Waals surface area contributed by atoms with E-state index in [1.54, 1.807) is 19.2 Å². The molecule has 1 aromatic carbocycles. The Hall–Kier alpha value is -2.20. The van der Waals surface area contributed by atoms with Crippen molar-refractivity contribution >= 4 is 11.8 Å². The molecule has 0 saturated heterocycles. The van der Waals surface area contributed by atoms with Gasteiger partial charge in [-0.05, 0) is 74.8 Å². The number of carbonyl (C=O) groups excluding carboxylic acids is 2. The summed E-state index contributed by atoms with van der Waals surface area (Å²) in [6.45, 7) is 9.66. The Kier molecular flexibility index (Phi) is 14.4. The Balaban J connectivity index is 1.85. The molecule has 1 aliphatic rings. The topological polar surface area (TPSA) is 143 Å². The van der Waals surface area contributed by atoms with E-state index in [1.165, 1.54) is 0 Å². The monoisotopic (exact) mass is 563 g/mol. The SMILES string of the molecule is COCCCCOc1ccccc1C(=O)NC[C@@H](C[C@H](N)[C@@H](O)CNC(=O)C(C)(C)C1CCC(O)CC1)C(C)C. The molecule has 0 unspecified atom stereocenters. The molecule has 9 heteroatoms. The summed E-state index contributed by atoms with van der Waals surface area (Å²) in [7, 11) is 1.67. The number of amides is 2. The maximum absolute atomic E-state index is 13.0. The summed E-state index contributed by atoms with van der Waals surface area (Å²) in [5.74, 6) is 0.692. The molecule has 1 aliphatic carbocycles. The predicted octanol–water partition coefficient (Wildman–Crippen LogP) is 3.27. The van der Waals surface area contributed by atoms with Gasteiger partial charge in [0.1, 0.15) is 5.75 Å². The fraction of sp³-hybridized carbons (Fsp3) is 0.742. The van der Waals surface area contributed by atoms with Crippen molar-refractivity contribution in [1.29, 1.82) is 0 Å². The number of hydrogen-bond acceptors (Lipinski definition) is 7. The molecule has 0 spiro atoms. The van der Waals surface area contributed by atoms with Crippen LogP contribution in [0.3, 0.4) is 0 Å². The van der Waals surface area contributed by atoms with Crippen LogP contribution in [-0.4, -0.2) is 73.7 Å². The van der Waals surface area contributed by atoms with E-state index in [2.05, 4.69) is 24.5 Å². The number of nitrogens with two attached hydrogens (primary N) is 1. The van der Waals surface area contributed by atoms with Gasteiger partial charge in [-0.25, -0.2) is 0 Å². The highest BCUT2D eigenvalue weighted by atomic mass is 16.5. The summed E-state index contributed by atoms with van der Waals surface area (Å²) in [4.78, 5) is 26.0. The summed E-state index contributed by atoms with van der Waals surface area (Å²) in [5, 5.41) is 26.5. The van der Waals surface area contributed by atoms with Crippen LogP contribution >= 0.6 is 0 Å². The van der Waals surface area contributed by atoms with Crippen molar-refractivity contribution in [2.75, 3.05) is 33.4 Å². The molecule has 2 rings (SSSR count). The van der Waals surface area contributed by atoms with Gasteiger partial charge in [0.2, 0.25) is 5.91 Å². The predicted molar refractivity (Wildman–Crippen MR) is 157 cm³/mol. The molecule has 1 saturated carbocycles. The zero-order valence-corrected chi connectivity index (χ0v) is 25.2. The lowest BCUT2D eigenvalue weighted by atomic mass is 9.70. The third-order valence-electron chi connectivity index (χ3n) is 8.44. The fourth-order valence-corrected chi connectivity index (χ4v) is 5.29. The molecule has 3 atom stereocenters. The molecule has 0 aliphatic heterocycles. The Morgan fingerprint density at radius 3 is 2.35 bits per heavy atom. The van der Waals surface area contributed by atoms with Gasteiger partial charge in [-0.1, -0.05) is 39.8 Å². The Labute approximate surface area is 240 Å². The molecule has 0 aromatic heterocycles. The largest absolute Gasteiger partial charge is 0.493 e. The number of unbranched alkanes of at least 4 members (excludes halogenated alkanes) is 1. The van der Waals surface area contributed by atoms with Crippen molar-refractivity contribution in [3.63, 3.8) is 0 Å². The van der Waals surface area contributed by atoms with Crippen molar-refractivity contribution in [3.05, 3.63) is 29.8 Å². The van der Waals surface area contributed by atoms with Crippen LogP contribution in [0, 0.1) is 23.2 Å². The Morgan fingerprint density at radius 1 is 1.05 bits per heavy atom. The summed E-state index contributed by atoms with van der Waals surface area (Å²) in [5.41, 5.74) is 6.27. The summed E-state index contributed by atoms with van der Waals surface area (Å²) >= 11 is 0. The van der Waals surface area contributed by atoms with Gasteiger partial charge in [-0.3, -0.25) is 9.59 Å². The van der Waals surface area contributed by atoms with Gasteiger partial charge in [-0.15, -0.1) is 0 Å². The summed E-state index contributed by atoms with van der Waals surface area (Å²) in [6, 6.07) is 6.65. The number of para-hydroxylation sites is 1. The van der Waals surface area contributed by atoms with Gasteiger partial charge in [-0.2, -0.15) is 0 Å². The normalized spacial score (nSPS) is 20.0. The maximum atomic E-state index is 13.0. The van der Waals surface area contributed by atoms with Crippen molar-refractivity contribution in [2.45, 2.75) is 90.9 Å². The lowest BCUT2D eigenvalue weighted by molar-refractivity contribution is -0.134. The van der Waals surface area contributed by atoms with Gasteiger partial charge in [0.25, 0.3) is 5.91 Å². The number of nitrogens with one attached hydrogen (secondary N) is 2. The van der Waals surface area contributed by atoms with E-state index < -0.39 is 17.6 Å². The minimum absolute atomic E-state index is 0.0385. The molecule has 228 valence electrons. The third kappa shape index (κ3) is 10.7. The van der Waals surface area contributed by atoms with Gasteiger partial charge < -0.3 is 36.1 Å². The third-order valence-corrected chi connectivity index (χ3v) is 8.44. The van der Waals surface area contributed by atoms with Gasteiger partial charge >= 0.3 is 0 Å². The molecule has 6 N–H and O–H groups in total. The zero-order chi connectivity index (χ0) is 29.7. The first-order chi connectivity index (χ1) is 19.0. The van der Waals surface area contributed by atoms with E-state index in [9.17, 15) is 19.8 Å². The first kappa shape index (κ1) is 34.0. The van der Waals surface area contributed by atoms with Crippen LogP contribution in [0.5, 0.6) is 5.75 Å². The van der Waals surface area contributed by atoms with Crippen LogP contribution in [0.25, 0.3) is 0 Å². The molecule has 0 heterocycles.